The van der Waals surface area contributed by atoms with Crippen LogP contribution in [0.5, 0.6) is 0 Å². The van der Waals surface area contributed by atoms with Crippen molar-refractivity contribution < 1.29 is 23.1 Å². The summed E-state index contributed by atoms with van der Waals surface area (Å²) in [6.07, 6.45) is -1.12. The Labute approximate surface area is 115 Å². The molecule has 1 aromatic rings. The first kappa shape index (κ1) is 14.6. The van der Waals surface area contributed by atoms with Gasteiger partial charge in [0.15, 0.2) is 5.78 Å². The van der Waals surface area contributed by atoms with Gasteiger partial charge in [-0.2, -0.15) is 0 Å². The minimum atomic E-state index is -1.05. The van der Waals surface area contributed by atoms with Crippen LogP contribution in [0, 0.1) is 5.82 Å². The number of ketones is 1. The fourth-order valence-electron chi connectivity index (χ4n) is 2.23. The molecule has 1 fully saturated rings. The number of hydrogen-bond donors (Lipinski definition) is 1. The lowest BCUT2D eigenvalue weighted by Crippen LogP contribution is -2.32. The van der Waals surface area contributed by atoms with Crippen LogP contribution < -0.4 is 5.32 Å². The third kappa shape index (κ3) is 3.01. The van der Waals surface area contributed by atoms with Crippen molar-refractivity contribution in [2.45, 2.75) is 25.1 Å². The van der Waals surface area contributed by atoms with Gasteiger partial charge in [-0.3, -0.25) is 4.79 Å². The predicted molar refractivity (Wildman–Crippen MR) is 67.8 cm³/mol. The summed E-state index contributed by atoms with van der Waals surface area (Å²) in [5.41, 5.74) is -0.0949. The first-order valence-electron chi connectivity index (χ1n) is 6.28. The lowest BCUT2D eigenvalue weighted by molar-refractivity contribution is -0.120. The quantitative estimate of drug-likeness (QED) is 0.849. The van der Waals surface area contributed by atoms with Gasteiger partial charge in [-0.15, -0.1) is 0 Å². The fraction of sp³-hybridized carbons (Fsp3) is 0.429. The van der Waals surface area contributed by atoms with E-state index in [1.165, 1.54) is 18.2 Å². The van der Waals surface area contributed by atoms with Crippen molar-refractivity contribution in [3.05, 3.63) is 35.1 Å². The number of carbonyl (C=O) groups is 2. The van der Waals surface area contributed by atoms with Crippen molar-refractivity contribution in [1.29, 1.82) is 0 Å². The van der Waals surface area contributed by atoms with E-state index in [4.69, 9.17) is 0 Å². The molecule has 0 aliphatic carbocycles. The van der Waals surface area contributed by atoms with E-state index in [9.17, 15) is 18.4 Å². The van der Waals surface area contributed by atoms with Crippen LogP contribution in [0.1, 0.15) is 22.3 Å². The zero-order valence-corrected chi connectivity index (χ0v) is 11.0. The molecule has 1 N–H and O–H groups in total. The van der Waals surface area contributed by atoms with Gasteiger partial charge in [0.2, 0.25) is 0 Å². The minimum Gasteiger partial charge on any atom is -0.465 e. The third-order valence-electron chi connectivity index (χ3n) is 3.31. The topological polar surface area (TPSA) is 55.4 Å². The zero-order chi connectivity index (χ0) is 14.7. The lowest BCUT2D eigenvalue weighted by Gasteiger charge is -2.10. The Morgan fingerprint density at radius 2 is 2.20 bits per heavy atom. The standard InChI is InChI=1S/C14H15F2NO3/c1-20-14(19)10-4-2-3-8(13(10)16)5-12(18)11-6-9(15)7-17-11/h2-4,9,11,17H,5-7H2,1H3/t9-,11+/m1/s1. The van der Waals surface area contributed by atoms with Gasteiger partial charge in [0.05, 0.1) is 18.7 Å². The molecule has 0 aromatic heterocycles. The van der Waals surface area contributed by atoms with E-state index >= 15 is 0 Å². The predicted octanol–water partition coefficient (Wildman–Crippen LogP) is 1.42. The average Bonchev–Trinajstić information content (AvgIpc) is 2.87. The lowest BCUT2D eigenvalue weighted by atomic mass is 10.00. The number of Topliss-reactive ketones (excluding diaryl/α,β-unsaturated/α-hetero) is 1. The van der Waals surface area contributed by atoms with Gasteiger partial charge < -0.3 is 10.1 Å². The van der Waals surface area contributed by atoms with E-state index in [0.29, 0.717) is 0 Å². The van der Waals surface area contributed by atoms with Gasteiger partial charge in [-0.25, -0.2) is 13.6 Å². The summed E-state index contributed by atoms with van der Waals surface area (Å²) in [6, 6.07) is 3.62. The van der Waals surface area contributed by atoms with Crippen molar-refractivity contribution in [3.63, 3.8) is 0 Å². The molecule has 0 unspecified atom stereocenters. The maximum absolute atomic E-state index is 14.1. The fourth-order valence-corrected chi connectivity index (χ4v) is 2.23. The molecule has 2 atom stereocenters. The van der Waals surface area contributed by atoms with Gasteiger partial charge in [-0.1, -0.05) is 12.1 Å². The molecular formula is C14H15F2NO3. The number of alkyl halides is 1. The second-order valence-corrected chi connectivity index (χ2v) is 4.71. The number of carbonyl (C=O) groups excluding carboxylic acids is 2. The maximum atomic E-state index is 14.1. The molecule has 1 heterocycles. The van der Waals surface area contributed by atoms with E-state index in [1.54, 1.807) is 0 Å². The van der Waals surface area contributed by atoms with Crippen LogP contribution in [0.25, 0.3) is 0 Å². The van der Waals surface area contributed by atoms with Crippen molar-refractivity contribution >= 4 is 11.8 Å². The van der Waals surface area contributed by atoms with Gasteiger partial charge >= 0.3 is 5.97 Å². The Kier molecular flexibility index (Phi) is 4.44. The monoisotopic (exact) mass is 283 g/mol. The SMILES string of the molecule is COC(=O)c1cccc(CC(=O)[C@@H]2C[C@@H](F)CN2)c1F. The highest BCUT2D eigenvalue weighted by Gasteiger charge is 2.29. The molecule has 1 aliphatic rings. The molecule has 0 saturated carbocycles. The molecule has 0 spiro atoms. The average molecular weight is 283 g/mol. The molecular weight excluding hydrogens is 268 g/mol. The normalized spacial score (nSPS) is 21.8. The number of rotatable bonds is 4. The van der Waals surface area contributed by atoms with E-state index in [2.05, 4.69) is 10.1 Å². The molecule has 4 nitrogen and oxygen atoms in total. The Hall–Kier alpha value is -1.82. The van der Waals surface area contributed by atoms with Gasteiger partial charge in [0.1, 0.15) is 12.0 Å². The summed E-state index contributed by atoms with van der Waals surface area (Å²) in [5, 5.41) is 2.76. The molecule has 2 rings (SSSR count). The van der Waals surface area contributed by atoms with Gasteiger partial charge in [-0.05, 0) is 11.6 Å². The zero-order valence-electron chi connectivity index (χ0n) is 11.0. The van der Waals surface area contributed by atoms with Crippen LogP contribution in [0.15, 0.2) is 18.2 Å². The van der Waals surface area contributed by atoms with Crippen molar-refractivity contribution in [1.82, 2.24) is 5.32 Å². The van der Waals surface area contributed by atoms with E-state index in [0.717, 1.165) is 7.11 Å². The second kappa shape index (κ2) is 6.09. The van der Waals surface area contributed by atoms with Gasteiger partial charge in [0, 0.05) is 19.4 Å². The highest BCUT2D eigenvalue weighted by atomic mass is 19.1. The third-order valence-corrected chi connectivity index (χ3v) is 3.31. The Morgan fingerprint density at radius 1 is 1.45 bits per heavy atom. The Morgan fingerprint density at radius 3 is 2.80 bits per heavy atom. The minimum absolute atomic E-state index is 0.108. The van der Waals surface area contributed by atoms with Crippen molar-refractivity contribution in [3.8, 4) is 0 Å². The maximum Gasteiger partial charge on any atom is 0.340 e. The highest BCUT2D eigenvalue weighted by molar-refractivity contribution is 5.91. The molecule has 0 bridgehead atoms. The molecule has 1 aromatic carbocycles. The summed E-state index contributed by atoms with van der Waals surface area (Å²) in [4.78, 5) is 23.3. The van der Waals surface area contributed by atoms with Crippen molar-refractivity contribution in [2.24, 2.45) is 0 Å². The largest absolute Gasteiger partial charge is 0.465 e. The molecule has 1 aliphatic heterocycles. The van der Waals surface area contributed by atoms with Crippen LogP contribution in [0.4, 0.5) is 8.78 Å². The number of methoxy groups -OCH3 is 1. The summed E-state index contributed by atoms with van der Waals surface area (Å²) in [7, 11) is 1.16. The smallest absolute Gasteiger partial charge is 0.340 e. The van der Waals surface area contributed by atoms with Crippen LogP contribution in [0.3, 0.4) is 0 Å². The summed E-state index contributed by atoms with van der Waals surface area (Å²) in [5.74, 6) is -1.84. The number of esters is 1. The number of halogens is 2. The van der Waals surface area contributed by atoms with Crippen LogP contribution in [-0.4, -0.2) is 37.6 Å². The Bertz CT molecular complexity index is 533. The highest BCUT2D eigenvalue weighted by Crippen LogP contribution is 2.18. The first-order valence-corrected chi connectivity index (χ1v) is 6.28. The van der Waals surface area contributed by atoms with Gasteiger partial charge in [0.25, 0.3) is 0 Å². The molecule has 6 heteroatoms. The van der Waals surface area contributed by atoms with Crippen LogP contribution >= 0.6 is 0 Å². The molecule has 108 valence electrons. The molecule has 0 radical (unpaired) electrons. The van der Waals surface area contributed by atoms with E-state index in [-0.39, 0.29) is 36.3 Å². The summed E-state index contributed by atoms with van der Waals surface area (Å²) < 4.78 is 31.6. The number of nitrogens with one attached hydrogen (secondary N) is 1. The molecule has 1 saturated heterocycles. The van der Waals surface area contributed by atoms with Crippen LogP contribution in [-0.2, 0) is 16.0 Å². The first-order chi connectivity index (χ1) is 9.52. The summed E-state index contributed by atoms with van der Waals surface area (Å²) in [6.45, 7) is 0.140. The van der Waals surface area contributed by atoms with Crippen LogP contribution in [0.2, 0.25) is 0 Å². The second-order valence-electron chi connectivity index (χ2n) is 4.71. The molecule has 20 heavy (non-hydrogen) atoms. The molecule has 0 amide bonds. The Balaban J connectivity index is 2.13. The van der Waals surface area contributed by atoms with Crippen molar-refractivity contribution in [2.75, 3.05) is 13.7 Å². The van der Waals surface area contributed by atoms with E-state index in [1.807, 2.05) is 0 Å². The number of ether oxygens (including phenoxy) is 1. The van der Waals surface area contributed by atoms with E-state index < -0.39 is 24.0 Å². The summed E-state index contributed by atoms with van der Waals surface area (Å²) >= 11 is 0. The number of benzene rings is 1. The number of hydrogen-bond acceptors (Lipinski definition) is 4.